The van der Waals surface area contributed by atoms with Gasteiger partial charge in [0, 0.05) is 30.7 Å². The molecule has 3 heterocycles. The molecule has 0 aliphatic carbocycles. The second-order valence-electron chi connectivity index (χ2n) is 6.66. The quantitative estimate of drug-likeness (QED) is 0.817. The van der Waals surface area contributed by atoms with E-state index in [0.717, 1.165) is 23.9 Å². The van der Waals surface area contributed by atoms with Gasteiger partial charge in [-0.2, -0.15) is 0 Å². The van der Waals surface area contributed by atoms with Gasteiger partial charge in [0.15, 0.2) is 5.11 Å². The molecule has 2 atom stereocenters. The van der Waals surface area contributed by atoms with Gasteiger partial charge in [-0.3, -0.25) is 4.98 Å². The van der Waals surface area contributed by atoms with Crippen LogP contribution in [0.5, 0.6) is 0 Å². The third kappa shape index (κ3) is 3.30. The largest absolute Gasteiger partial charge is 0.362 e. The maximum absolute atomic E-state index is 5.65. The normalized spacial score (nSPS) is 20.7. The van der Waals surface area contributed by atoms with Crippen molar-refractivity contribution < 1.29 is 0 Å². The fourth-order valence-electron chi connectivity index (χ4n) is 3.35. The zero-order valence-electron chi connectivity index (χ0n) is 14.7. The lowest BCUT2D eigenvalue weighted by molar-refractivity contribution is 0.277. The van der Waals surface area contributed by atoms with Crippen molar-refractivity contribution in [3.05, 3.63) is 53.1 Å². The van der Waals surface area contributed by atoms with Crippen LogP contribution in [0.3, 0.4) is 0 Å². The minimum absolute atomic E-state index is 0.0646. The smallest absolute Gasteiger partial charge is 0.170 e. The van der Waals surface area contributed by atoms with Crippen LogP contribution in [-0.2, 0) is 0 Å². The Morgan fingerprint density at radius 3 is 2.67 bits per heavy atom. The van der Waals surface area contributed by atoms with Crippen molar-refractivity contribution in [2.75, 3.05) is 27.2 Å². The van der Waals surface area contributed by atoms with E-state index in [-0.39, 0.29) is 12.1 Å². The number of nitrogens with one attached hydrogen (secondary N) is 2. The number of hydrogen-bond acceptors (Lipinski definition) is 3. The molecular formula is C18H25N5S. The molecule has 128 valence electrons. The Morgan fingerprint density at radius 2 is 2.08 bits per heavy atom. The van der Waals surface area contributed by atoms with Gasteiger partial charge in [-0.05, 0) is 63.9 Å². The highest BCUT2D eigenvalue weighted by Gasteiger charge is 2.40. The highest BCUT2D eigenvalue weighted by atomic mass is 32.1. The molecule has 0 amide bonds. The molecule has 0 spiro atoms. The first-order chi connectivity index (χ1) is 11.5. The number of aromatic nitrogens is 2. The monoisotopic (exact) mass is 343 g/mol. The number of H-pyrrole nitrogens is 1. The summed E-state index contributed by atoms with van der Waals surface area (Å²) in [6.07, 6.45) is 1.84. The van der Waals surface area contributed by atoms with Crippen LogP contribution in [0.2, 0.25) is 0 Å². The van der Waals surface area contributed by atoms with Gasteiger partial charge in [0.25, 0.3) is 0 Å². The molecule has 0 radical (unpaired) electrons. The summed E-state index contributed by atoms with van der Waals surface area (Å²) in [6.45, 7) is 6.06. The van der Waals surface area contributed by atoms with Crippen molar-refractivity contribution in [1.82, 2.24) is 25.1 Å². The first-order valence-electron chi connectivity index (χ1n) is 8.26. The molecule has 1 fully saturated rings. The summed E-state index contributed by atoms with van der Waals surface area (Å²) in [5, 5.41) is 4.29. The zero-order chi connectivity index (χ0) is 17.3. The van der Waals surface area contributed by atoms with Crippen molar-refractivity contribution >= 4 is 17.3 Å². The Hall–Kier alpha value is -1.92. The molecule has 6 heteroatoms. The molecule has 1 aliphatic heterocycles. The summed E-state index contributed by atoms with van der Waals surface area (Å²) in [5.74, 6) is 0. The lowest BCUT2D eigenvalue weighted by atomic mass is 9.97. The topological polar surface area (TPSA) is 47.2 Å². The molecule has 0 aromatic carbocycles. The zero-order valence-corrected chi connectivity index (χ0v) is 15.5. The Kier molecular flexibility index (Phi) is 4.87. The molecule has 3 rings (SSSR count). The first-order valence-corrected chi connectivity index (χ1v) is 8.67. The van der Waals surface area contributed by atoms with E-state index in [0.29, 0.717) is 0 Å². The maximum atomic E-state index is 5.65. The summed E-state index contributed by atoms with van der Waals surface area (Å²) in [6, 6.07) is 8.49. The SMILES string of the molecule is Cc1cc([C@H]2[C@@H](c3ccccn3)NC(=S)N2CCN(C)C)c(C)[nH]1. The predicted molar refractivity (Wildman–Crippen MR) is 101 cm³/mol. The molecule has 1 aliphatic rings. The predicted octanol–water partition coefficient (Wildman–Crippen LogP) is 2.56. The second-order valence-corrected chi connectivity index (χ2v) is 7.04. The van der Waals surface area contributed by atoms with Crippen LogP contribution in [-0.4, -0.2) is 52.1 Å². The van der Waals surface area contributed by atoms with Crippen LogP contribution >= 0.6 is 12.2 Å². The van der Waals surface area contributed by atoms with E-state index in [4.69, 9.17) is 12.2 Å². The molecule has 5 nitrogen and oxygen atoms in total. The Balaban J connectivity index is 1.99. The van der Waals surface area contributed by atoms with Gasteiger partial charge in [-0.15, -0.1) is 0 Å². The maximum Gasteiger partial charge on any atom is 0.170 e. The number of hydrogen-bond donors (Lipinski definition) is 2. The molecule has 0 unspecified atom stereocenters. The molecule has 24 heavy (non-hydrogen) atoms. The van der Waals surface area contributed by atoms with Gasteiger partial charge in [0.2, 0.25) is 0 Å². The van der Waals surface area contributed by atoms with Crippen LogP contribution in [0.1, 0.15) is 34.7 Å². The lowest BCUT2D eigenvalue weighted by Crippen LogP contribution is -2.35. The Bertz CT molecular complexity index is 709. The van der Waals surface area contributed by atoms with E-state index in [1.54, 1.807) is 0 Å². The average molecular weight is 344 g/mol. The van der Waals surface area contributed by atoms with Crippen LogP contribution in [0.4, 0.5) is 0 Å². The number of aryl methyl sites for hydroxylation is 2. The van der Waals surface area contributed by atoms with Gasteiger partial charge < -0.3 is 20.1 Å². The Morgan fingerprint density at radius 1 is 1.29 bits per heavy atom. The van der Waals surface area contributed by atoms with Gasteiger partial charge in [0.1, 0.15) is 0 Å². The fourth-order valence-corrected chi connectivity index (χ4v) is 3.68. The minimum Gasteiger partial charge on any atom is -0.362 e. The van der Waals surface area contributed by atoms with Crippen molar-refractivity contribution in [3.63, 3.8) is 0 Å². The van der Waals surface area contributed by atoms with Crippen molar-refractivity contribution in [2.24, 2.45) is 0 Å². The van der Waals surface area contributed by atoms with E-state index in [1.165, 1.54) is 17.0 Å². The second kappa shape index (κ2) is 6.91. The van der Waals surface area contributed by atoms with Gasteiger partial charge >= 0.3 is 0 Å². The van der Waals surface area contributed by atoms with Crippen LogP contribution in [0, 0.1) is 13.8 Å². The minimum atomic E-state index is 0.0646. The summed E-state index contributed by atoms with van der Waals surface area (Å²) in [5.41, 5.74) is 4.68. The molecule has 2 N–H and O–H groups in total. The Labute approximate surface area is 149 Å². The highest BCUT2D eigenvalue weighted by Crippen LogP contribution is 2.39. The van der Waals surface area contributed by atoms with Gasteiger partial charge in [-0.25, -0.2) is 0 Å². The number of pyridine rings is 1. The van der Waals surface area contributed by atoms with Gasteiger partial charge in [0.05, 0.1) is 17.8 Å². The standard InChI is InChI=1S/C18H25N5S/c1-12-11-14(13(2)20-12)17-16(15-7-5-6-8-19-15)21-18(24)23(17)10-9-22(3)4/h5-8,11,16-17,20H,9-10H2,1-4H3,(H,21,24)/t16-,17+/m1/s1. The number of thiocarbonyl (C=S) groups is 1. The molecular weight excluding hydrogens is 318 g/mol. The molecule has 2 aromatic rings. The highest BCUT2D eigenvalue weighted by molar-refractivity contribution is 7.80. The van der Waals surface area contributed by atoms with Crippen LogP contribution in [0.25, 0.3) is 0 Å². The van der Waals surface area contributed by atoms with Crippen LogP contribution < -0.4 is 5.32 Å². The average Bonchev–Trinajstić information content (AvgIpc) is 3.04. The van der Waals surface area contributed by atoms with E-state index in [1.807, 2.05) is 18.3 Å². The fraction of sp³-hybridized carbons (Fsp3) is 0.444. The van der Waals surface area contributed by atoms with E-state index < -0.39 is 0 Å². The van der Waals surface area contributed by atoms with Crippen molar-refractivity contribution in [1.29, 1.82) is 0 Å². The first kappa shape index (κ1) is 16.9. The summed E-state index contributed by atoms with van der Waals surface area (Å²) < 4.78 is 0. The summed E-state index contributed by atoms with van der Waals surface area (Å²) in [7, 11) is 4.17. The number of nitrogens with zero attached hydrogens (tertiary/aromatic N) is 3. The summed E-state index contributed by atoms with van der Waals surface area (Å²) in [4.78, 5) is 12.5. The molecule has 0 saturated carbocycles. The van der Waals surface area contributed by atoms with Crippen molar-refractivity contribution in [2.45, 2.75) is 25.9 Å². The number of rotatable bonds is 5. The van der Waals surface area contributed by atoms with Gasteiger partial charge in [-0.1, -0.05) is 6.07 Å². The number of aromatic amines is 1. The summed E-state index contributed by atoms with van der Waals surface area (Å²) >= 11 is 5.65. The molecule has 0 bridgehead atoms. The van der Waals surface area contributed by atoms with Crippen LogP contribution in [0.15, 0.2) is 30.5 Å². The van der Waals surface area contributed by atoms with Crippen molar-refractivity contribution in [3.8, 4) is 0 Å². The molecule has 2 aromatic heterocycles. The van der Waals surface area contributed by atoms with E-state index in [9.17, 15) is 0 Å². The number of likely N-dealkylation sites (N-methyl/N-ethyl adjacent to an activating group) is 1. The third-order valence-electron chi connectivity index (χ3n) is 4.49. The van der Waals surface area contributed by atoms with E-state index >= 15 is 0 Å². The van der Waals surface area contributed by atoms with E-state index in [2.05, 4.69) is 65.2 Å². The molecule has 1 saturated heterocycles. The third-order valence-corrected chi connectivity index (χ3v) is 4.85. The lowest BCUT2D eigenvalue weighted by Gasteiger charge is -2.28.